The molecule has 0 bridgehead atoms. The van der Waals surface area contributed by atoms with Crippen LogP contribution in [0.15, 0.2) is 36.7 Å². The maximum absolute atomic E-state index is 12.9. The fourth-order valence-corrected chi connectivity index (χ4v) is 1.98. The van der Waals surface area contributed by atoms with Crippen molar-refractivity contribution in [3.05, 3.63) is 48.3 Å². The summed E-state index contributed by atoms with van der Waals surface area (Å²) in [5.41, 5.74) is -1.06. The molecule has 6 heteroatoms. The third kappa shape index (κ3) is 3.81. The summed E-state index contributed by atoms with van der Waals surface area (Å²) >= 11 is 0. The molecular formula is C15H18FN3O2. The second-order valence-corrected chi connectivity index (χ2v) is 5.26. The molecule has 0 atom stereocenters. The van der Waals surface area contributed by atoms with Gasteiger partial charge in [-0.2, -0.15) is 0 Å². The first-order valence-electron chi connectivity index (χ1n) is 6.57. The molecule has 1 aromatic heterocycles. The summed E-state index contributed by atoms with van der Waals surface area (Å²) in [5.74, 6) is 0.606. The van der Waals surface area contributed by atoms with Gasteiger partial charge in [0.2, 0.25) is 0 Å². The lowest BCUT2D eigenvalue weighted by Gasteiger charge is -2.29. The molecule has 5 nitrogen and oxygen atoms in total. The van der Waals surface area contributed by atoms with Crippen molar-refractivity contribution in [3.8, 4) is 5.75 Å². The van der Waals surface area contributed by atoms with Gasteiger partial charge in [0.25, 0.3) is 5.91 Å². The Kier molecular flexibility index (Phi) is 4.26. The van der Waals surface area contributed by atoms with Gasteiger partial charge >= 0.3 is 0 Å². The summed E-state index contributed by atoms with van der Waals surface area (Å²) in [6.45, 7) is 3.72. The van der Waals surface area contributed by atoms with Gasteiger partial charge < -0.3 is 14.6 Å². The number of likely N-dealkylation sites (N-methyl/N-ethyl adjacent to an activating group) is 1. The number of benzene rings is 1. The highest BCUT2D eigenvalue weighted by molar-refractivity contribution is 5.84. The van der Waals surface area contributed by atoms with E-state index in [1.165, 1.54) is 29.2 Å². The number of amides is 1. The van der Waals surface area contributed by atoms with Crippen LogP contribution in [-0.4, -0.2) is 33.4 Å². The SMILES string of the molecule is CN(Cc1ncc[nH]1)C(=O)C(C)(C)Oc1ccc(F)cc1. The highest BCUT2D eigenvalue weighted by Gasteiger charge is 2.33. The summed E-state index contributed by atoms with van der Waals surface area (Å²) in [5, 5.41) is 0. The number of hydrogen-bond donors (Lipinski definition) is 1. The second-order valence-electron chi connectivity index (χ2n) is 5.26. The van der Waals surface area contributed by atoms with E-state index in [-0.39, 0.29) is 11.7 Å². The quantitative estimate of drug-likeness (QED) is 0.920. The molecule has 2 aromatic rings. The average molecular weight is 291 g/mol. The van der Waals surface area contributed by atoms with Crippen LogP contribution in [0.5, 0.6) is 5.75 Å². The molecule has 0 radical (unpaired) electrons. The minimum Gasteiger partial charge on any atom is -0.478 e. The van der Waals surface area contributed by atoms with Gasteiger partial charge in [0.15, 0.2) is 5.60 Å². The fraction of sp³-hybridized carbons (Fsp3) is 0.333. The zero-order chi connectivity index (χ0) is 15.5. The van der Waals surface area contributed by atoms with Gasteiger partial charge in [-0.05, 0) is 38.1 Å². The van der Waals surface area contributed by atoms with Gasteiger partial charge in [0.1, 0.15) is 17.4 Å². The molecule has 112 valence electrons. The standard InChI is InChI=1S/C15H18FN3O2/c1-15(2,21-12-6-4-11(16)5-7-12)14(20)19(3)10-13-17-8-9-18-13/h4-9H,10H2,1-3H3,(H,17,18). The molecule has 0 aliphatic rings. The lowest BCUT2D eigenvalue weighted by molar-refractivity contribution is -0.144. The normalized spacial score (nSPS) is 11.2. The van der Waals surface area contributed by atoms with Crippen molar-refractivity contribution in [1.82, 2.24) is 14.9 Å². The number of H-pyrrole nitrogens is 1. The maximum Gasteiger partial charge on any atom is 0.266 e. The minimum absolute atomic E-state index is 0.191. The van der Waals surface area contributed by atoms with Crippen LogP contribution in [0.25, 0.3) is 0 Å². The number of aromatic nitrogens is 2. The van der Waals surface area contributed by atoms with Gasteiger partial charge in [-0.1, -0.05) is 0 Å². The van der Waals surface area contributed by atoms with Crippen LogP contribution in [0, 0.1) is 5.82 Å². The monoisotopic (exact) mass is 291 g/mol. The van der Waals surface area contributed by atoms with E-state index < -0.39 is 5.60 Å². The molecule has 21 heavy (non-hydrogen) atoms. The van der Waals surface area contributed by atoms with Crippen molar-refractivity contribution in [1.29, 1.82) is 0 Å². The molecule has 1 N–H and O–H groups in total. The van der Waals surface area contributed by atoms with Crippen molar-refractivity contribution in [2.24, 2.45) is 0 Å². The Morgan fingerprint density at radius 1 is 1.38 bits per heavy atom. The van der Waals surface area contributed by atoms with Crippen molar-refractivity contribution in [2.45, 2.75) is 26.0 Å². The number of halogens is 1. The Morgan fingerprint density at radius 2 is 2.05 bits per heavy atom. The first kappa shape index (κ1) is 15.0. The van der Waals surface area contributed by atoms with Crippen LogP contribution in [-0.2, 0) is 11.3 Å². The maximum atomic E-state index is 12.9. The van der Waals surface area contributed by atoms with Gasteiger partial charge in [0, 0.05) is 19.4 Å². The number of ether oxygens (including phenoxy) is 1. The molecule has 0 spiro atoms. The highest BCUT2D eigenvalue weighted by atomic mass is 19.1. The van der Waals surface area contributed by atoms with E-state index in [1.807, 2.05) is 0 Å². The van der Waals surface area contributed by atoms with E-state index in [4.69, 9.17) is 4.74 Å². The summed E-state index contributed by atoms with van der Waals surface area (Å²) < 4.78 is 18.5. The van der Waals surface area contributed by atoms with Crippen LogP contribution in [0.2, 0.25) is 0 Å². The van der Waals surface area contributed by atoms with Crippen molar-refractivity contribution >= 4 is 5.91 Å². The van der Waals surface area contributed by atoms with Crippen LogP contribution >= 0.6 is 0 Å². The molecule has 0 saturated carbocycles. The molecule has 1 heterocycles. The van der Waals surface area contributed by atoms with Crippen LogP contribution < -0.4 is 4.74 Å². The third-order valence-electron chi connectivity index (χ3n) is 2.99. The lowest BCUT2D eigenvalue weighted by atomic mass is 10.1. The van der Waals surface area contributed by atoms with E-state index in [9.17, 15) is 9.18 Å². The van der Waals surface area contributed by atoms with Crippen LogP contribution in [0.1, 0.15) is 19.7 Å². The summed E-state index contributed by atoms with van der Waals surface area (Å²) in [6, 6.07) is 5.58. The molecule has 0 aliphatic carbocycles. The molecule has 1 aromatic carbocycles. The van der Waals surface area contributed by atoms with Crippen molar-refractivity contribution in [2.75, 3.05) is 7.05 Å². The lowest BCUT2D eigenvalue weighted by Crippen LogP contribution is -2.47. The summed E-state index contributed by atoms with van der Waals surface area (Å²) in [7, 11) is 1.68. The number of hydrogen-bond acceptors (Lipinski definition) is 3. The van der Waals surface area contributed by atoms with Crippen LogP contribution in [0.4, 0.5) is 4.39 Å². The number of aromatic amines is 1. The number of nitrogens with zero attached hydrogens (tertiary/aromatic N) is 2. The van der Waals surface area contributed by atoms with E-state index in [2.05, 4.69) is 9.97 Å². The van der Waals surface area contributed by atoms with Crippen LogP contribution in [0.3, 0.4) is 0 Å². The zero-order valence-corrected chi connectivity index (χ0v) is 12.3. The smallest absolute Gasteiger partial charge is 0.266 e. The third-order valence-corrected chi connectivity index (χ3v) is 2.99. The second kappa shape index (κ2) is 5.95. The number of rotatable bonds is 5. The highest BCUT2D eigenvalue weighted by Crippen LogP contribution is 2.20. The Bertz CT molecular complexity index is 594. The fourth-order valence-electron chi connectivity index (χ4n) is 1.98. The van der Waals surface area contributed by atoms with Gasteiger partial charge in [-0.15, -0.1) is 0 Å². The van der Waals surface area contributed by atoms with E-state index in [0.717, 1.165) is 0 Å². The number of carbonyl (C=O) groups excluding carboxylic acids is 1. The zero-order valence-electron chi connectivity index (χ0n) is 12.3. The molecular weight excluding hydrogens is 273 g/mol. The van der Waals surface area contributed by atoms with E-state index >= 15 is 0 Å². The molecule has 0 aliphatic heterocycles. The molecule has 0 saturated heterocycles. The average Bonchev–Trinajstić information content (AvgIpc) is 2.93. The Balaban J connectivity index is 2.03. The van der Waals surface area contributed by atoms with E-state index in [1.54, 1.807) is 33.3 Å². The topological polar surface area (TPSA) is 58.2 Å². The first-order valence-corrected chi connectivity index (χ1v) is 6.57. The number of nitrogens with one attached hydrogen (secondary N) is 1. The van der Waals surface area contributed by atoms with Gasteiger partial charge in [-0.25, -0.2) is 9.37 Å². The van der Waals surface area contributed by atoms with E-state index in [0.29, 0.717) is 18.1 Å². The minimum atomic E-state index is -1.06. The Labute approximate surface area is 122 Å². The van der Waals surface area contributed by atoms with Gasteiger partial charge in [0.05, 0.1) is 6.54 Å². The molecule has 0 unspecified atom stereocenters. The number of imidazole rings is 1. The summed E-state index contributed by atoms with van der Waals surface area (Å²) in [4.78, 5) is 21.0. The molecule has 2 rings (SSSR count). The van der Waals surface area contributed by atoms with Crippen molar-refractivity contribution in [3.63, 3.8) is 0 Å². The first-order chi connectivity index (χ1) is 9.88. The predicted octanol–water partition coefficient (Wildman–Crippen LogP) is 2.36. The Hall–Kier alpha value is -2.37. The predicted molar refractivity (Wildman–Crippen MR) is 76.2 cm³/mol. The molecule has 1 amide bonds. The van der Waals surface area contributed by atoms with Crippen molar-refractivity contribution < 1.29 is 13.9 Å². The Morgan fingerprint density at radius 3 is 2.62 bits per heavy atom. The van der Waals surface area contributed by atoms with Gasteiger partial charge in [-0.3, -0.25) is 4.79 Å². The largest absolute Gasteiger partial charge is 0.478 e. The summed E-state index contributed by atoms with van der Waals surface area (Å²) in [6.07, 6.45) is 3.33. The number of carbonyl (C=O) groups is 1. The molecule has 0 fully saturated rings.